The Hall–Kier alpha value is -0.430. The quantitative estimate of drug-likeness (QED) is 0.556. The molecule has 0 aliphatic carbocycles. The molecule has 0 fully saturated rings. The van der Waals surface area contributed by atoms with Gasteiger partial charge >= 0.3 is 0 Å². The first-order valence-corrected chi connectivity index (χ1v) is 4.83. The summed E-state index contributed by atoms with van der Waals surface area (Å²) in [7, 11) is 0. The Bertz CT molecular complexity index is 154. The highest BCUT2D eigenvalue weighted by Gasteiger charge is 1.84. The van der Waals surface area contributed by atoms with Crippen LogP contribution in [0.1, 0.15) is 26.7 Å². The Morgan fingerprint density at radius 3 is 2.73 bits per heavy atom. The third kappa shape index (κ3) is 5.99. The molecule has 0 saturated heterocycles. The van der Waals surface area contributed by atoms with E-state index in [9.17, 15) is 0 Å². The van der Waals surface area contributed by atoms with Gasteiger partial charge in [0.05, 0.1) is 0 Å². The first kappa shape index (κ1) is 10.6. The second kappa shape index (κ2) is 7.67. The lowest BCUT2D eigenvalue weighted by Gasteiger charge is -1.93. The van der Waals surface area contributed by atoms with Gasteiger partial charge in [0.25, 0.3) is 0 Å². The average molecular weight is 168 g/mol. The van der Waals surface area contributed by atoms with Crippen molar-refractivity contribution >= 4 is 11.8 Å². The van der Waals surface area contributed by atoms with Gasteiger partial charge < -0.3 is 0 Å². The van der Waals surface area contributed by atoms with Crippen LogP contribution >= 0.6 is 11.8 Å². The molecule has 0 heterocycles. The fourth-order valence-electron chi connectivity index (χ4n) is 0.666. The molecule has 0 bridgehead atoms. The molecule has 0 unspecified atom stereocenters. The topological polar surface area (TPSA) is 0 Å². The van der Waals surface area contributed by atoms with Gasteiger partial charge in [-0.25, -0.2) is 0 Å². The van der Waals surface area contributed by atoms with Crippen molar-refractivity contribution in [3.8, 4) is 0 Å². The molecule has 0 aromatic heterocycles. The van der Waals surface area contributed by atoms with Crippen LogP contribution in [0.15, 0.2) is 35.1 Å². The van der Waals surface area contributed by atoms with Crippen molar-refractivity contribution in [2.24, 2.45) is 0 Å². The molecule has 0 aliphatic rings. The SMILES string of the molecule is C=CSC(=C\C)/C=C/CCC. The normalized spacial score (nSPS) is 12.4. The van der Waals surface area contributed by atoms with Gasteiger partial charge in [0.15, 0.2) is 0 Å². The van der Waals surface area contributed by atoms with E-state index < -0.39 is 0 Å². The molecule has 11 heavy (non-hydrogen) atoms. The van der Waals surface area contributed by atoms with Crippen molar-refractivity contribution in [1.29, 1.82) is 0 Å². The number of allylic oxidation sites excluding steroid dienone is 3. The largest absolute Gasteiger partial charge is 0.0991 e. The Kier molecular flexibility index (Phi) is 7.37. The number of hydrogen-bond donors (Lipinski definition) is 0. The van der Waals surface area contributed by atoms with Crippen LogP contribution in [0.4, 0.5) is 0 Å². The molecular weight excluding hydrogens is 152 g/mol. The Morgan fingerprint density at radius 1 is 1.55 bits per heavy atom. The van der Waals surface area contributed by atoms with Crippen LogP contribution in [0.2, 0.25) is 0 Å². The molecule has 1 heteroatoms. The van der Waals surface area contributed by atoms with Crippen molar-refractivity contribution in [1.82, 2.24) is 0 Å². The van der Waals surface area contributed by atoms with Gasteiger partial charge in [0, 0.05) is 4.91 Å². The highest BCUT2D eigenvalue weighted by Crippen LogP contribution is 2.17. The zero-order valence-electron chi connectivity index (χ0n) is 7.34. The van der Waals surface area contributed by atoms with E-state index in [4.69, 9.17) is 0 Å². The van der Waals surface area contributed by atoms with E-state index in [2.05, 4.69) is 31.7 Å². The number of unbranched alkanes of at least 4 members (excludes halogenated alkanes) is 1. The standard InChI is InChI=1S/C10H16S/c1-4-7-8-9-10(5-2)11-6-3/h5-6,8-9H,3-4,7H2,1-2H3/b9-8+,10-5-. The average Bonchev–Trinajstić information content (AvgIpc) is 2.03. The lowest BCUT2D eigenvalue weighted by atomic mass is 10.3. The molecule has 0 aromatic rings. The zero-order chi connectivity index (χ0) is 8.53. The number of hydrogen-bond acceptors (Lipinski definition) is 1. The predicted octanol–water partition coefficient (Wildman–Crippen LogP) is 4.12. The van der Waals surface area contributed by atoms with Gasteiger partial charge in [-0.15, -0.1) is 0 Å². The van der Waals surface area contributed by atoms with E-state index in [1.54, 1.807) is 11.8 Å². The van der Waals surface area contributed by atoms with E-state index in [0.717, 1.165) is 6.42 Å². The van der Waals surface area contributed by atoms with Gasteiger partial charge in [0.2, 0.25) is 0 Å². The van der Waals surface area contributed by atoms with Crippen molar-refractivity contribution in [3.63, 3.8) is 0 Å². The summed E-state index contributed by atoms with van der Waals surface area (Å²) in [4.78, 5) is 1.27. The minimum absolute atomic E-state index is 1.16. The van der Waals surface area contributed by atoms with Crippen molar-refractivity contribution in [2.75, 3.05) is 0 Å². The highest BCUT2D eigenvalue weighted by atomic mass is 32.2. The lowest BCUT2D eigenvalue weighted by molar-refractivity contribution is 0.958. The third-order valence-corrected chi connectivity index (χ3v) is 2.05. The summed E-state index contributed by atoms with van der Waals surface area (Å²) in [6.07, 6.45) is 8.82. The molecule has 0 aliphatic heterocycles. The van der Waals surface area contributed by atoms with Crippen LogP contribution in [-0.4, -0.2) is 0 Å². The molecule has 62 valence electrons. The molecule has 0 rings (SSSR count). The highest BCUT2D eigenvalue weighted by molar-refractivity contribution is 8.06. The summed E-state index contributed by atoms with van der Waals surface area (Å²) in [5, 5.41) is 1.85. The second-order valence-corrected chi connectivity index (χ2v) is 3.21. The maximum absolute atomic E-state index is 3.66. The maximum atomic E-state index is 3.66. The Labute approximate surface area is 74.1 Å². The second-order valence-electron chi connectivity index (χ2n) is 2.17. The van der Waals surface area contributed by atoms with Crippen LogP contribution < -0.4 is 0 Å². The Morgan fingerprint density at radius 2 is 2.27 bits per heavy atom. The predicted molar refractivity (Wildman–Crippen MR) is 55.6 cm³/mol. The smallest absolute Gasteiger partial charge is 0.00697 e. The van der Waals surface area contributed by atoms with Gasteiger partial charge in [0.1, 0.15) is 0 Å². The van der Waals surface area contributed by atoms with Crippen LogP contribution in [-0.2, 0) is 0 Å². The molecule has 0 amide bonds. The number of thioether (sulfide) groups is 1. The monoisotopic (exact) mass is 168 g/mol. The van der Waals surface area contributed by atoms with E-state index in [-0.39, 0.29) is 0 Å². The minimum Gasteiger partial charge on any atom is -0.0991 e. The van der Waals surface area contributed by atoms with Crippen molar-refractivity contribution in [3.05, 3.63) is 35.1 Å². The van der Waals surface area contributed by atoms with E-state index in [1.165, 1.54) is 11.3 Å². The van der Waals surface area contributed by atoms with E-state index >= 15 is 0 Å². The van der Waals surface area contributed by atoms with E-state index in [0.29, 0.717) is 0 Å². The van der Waals surface area contributed by atoms with Crippen LogP contribution in [0.5, 0.6) is 0 Å². The maximum Gasteiger partial charge on any atom is 0.00697 e. The van der Waals surface area contributed by atoms with Crippen LogP contribution in [0.3, 0.4) is 0 Å². The van der Waals surface area contributed by atoms with E-state index in [1.807, 2.05) is 12.3 Å². The fraction of sp³-hybridized carbons (Fsp3) is 0.400. The van der Waals surface area contributed by atoms with Crippen LogP contribution in [0, 0.1) is 0 Å². The van der Waals surface area contributed by atoms with Gasteiger partial charge in [-0.05, 0) is 18.8 Å². The zero-order valence-corrected chi connectivity index (χ0v) is 8.16. The molecule has 0 aromatic carbocycles. The summed E-state index contributed by atoms with van der Waals surface area (Å²) in [6, 6.07) is 0. The molecule has 0 spiro atoms. The van der Waals surface area contributed by atoms with Crippen molar-refractivity contribution < 1.29 is 0 Å². The lowest BCUT2D eigenvalue weighted by Crippen LogP contribution is -1.66. The summed E-state index contributed by atoms with van der Waals surface area (Å²) in [5.41, 5.74) is 0. The molecule has 0 saturated carbocycles. The molecule has 0 radical (unpaired) electrons. The van der Waals surface area contributed by atoms with Gasteiger partial charge in [-0.1, -0.05) is 49.9 Å². The van der Waals surface area contributed by atoms with Crippen molar-refractivity contribution in [2.45, 2.75) is 26.7 Å². The third-order valence-electron chi connectivity index (χ3n) is 1.24. The number of rotatable bonds is 5. The minimum atomic E-state index is 1.16. The van der Waals surface area contributed by atoms with Gasteiger partial charge in [-0.2, -0.15) is 0 Å². The molecule has 0 atom stereocenters. The summed E-state index contributed by atoms with van der Waals surface area (Å²) in [5.74, 6) is 0. The molecular formula is C10H16S. The summed E-state index contributed by atoms with van der Waals surface area (Å²) in [6.45, 7) is 7.89. The van der Waals surface area contributed by atoms with Crippen LogP contribution in [0.25, 0.3) is 0 Å². The first-order chi connectivity index (χ1) is 5.35. The fourth-order valence-corrected chi connectivity index (χ4v) is 1.17. The molecule has 0 N–H and O–H groups in total. The summed E-state index contributed by atoms with van der Waals surface area (Å²) >= 11 is 1.67. The Balaban J connectivity index is 3.77. The van der Waals surface area contributed by atoms with Gasteiger partial charge in [-0.3, -0.25) is 0 Å². The first-order valence-electron chi connectivity index (χ1n) is 3.95. The summed E-state index contributed by atoms with van der Waals surface area (Å²) < 4.78 is 0. The molecule has 0 nitrogen and oxygen atoms in total.